The second kappa shape index (κ2) is 16.5. The summed E-state index contributed by atoms with van der Waals surface area (Å²) >= 11 is 0. The normalized spacial score (nSPS) is 11.7. The number of nitrogens with zero attached hydrogens (tertiary/aromatic N) is 1. The average Bonchev–Trinajstić information content (AvgIpc) is 2.12. The molecule has 1 nitrogen and oxygen atoms in total. The van der Waals surface area contributed by atoms with E-state index in [1.54, 1.807) is 13.3 Å². The lowest BCUT2D eigenvalue weighted by Crippen LogP contribution is -1.56. The minimum absolute atomic E-state index is 1.75. The molecule has 0 aliphatic heterocycles. The van der Waals surface area contributed by atoms with E-state index in [4.69, 9.17) is 0 Å². The molecule has 0 aromatic rings. The van der Waals surface area contributed by atoms with Crippen molar-refractivity contribution in [3.8, 4) is 0 Å². The van der Waals surface area contributed by atoms with Gasteiger partial charge in [0.1, 0.15) is 0 Å². The Kier molecular flexibility index (Phi) is 18.5. The zero-order chi connectivity index (χ0) is 9.66. The Morgan fingerprint density at radius 2 is 1.17 bits per heavy atom. The summed E-state index contributed by atoms with van der Waals surface area (Å²) in [4.78, 5) is 3.71. The first kappa shape index (κ1) is 13.5. The molecule has 0 N–H and O–H groups in total. The van der Waals surface area contributed by atoms with Crippen LogP contribution in [0.5, 0.6) is 0 Å². The standard InChI is InChI=1S/C6H10.C5H9N/c1-3-5-6-4-2;1-3-4-5-6-2/h3-6H,1-2H3;3-5H,1-2H3/b5-3-,6-4-;4-3-,6-5?. The van der Waals surface area contributed by atoms with Crippen LogP contribution in [-0.4, -0.2) is 13.3 Å². The van der Waals surface area contributed by atoms with Gasteiger partial charge in [0.05, 0.1) is 0 Å². The van der Waals surface area contributed by atoms with Gasteiger partial charge in [-0.25, -0.2) is 0 Å². The third-order valence-electron chi connectivity index (χ3n) is 0.924. The van der Waals surface area contributed by atoms with Gasteiger partial charge in [-0.3, -0.25) is 4.99 Å². The van der Waals surface area contributed by atoms with E-state index in [2.05, 4.69) is 4.99 Å². The van der Waals surface area contributed by atoms with Crippen LogP contribution in [0.3, 0.4) is 0 Å². The first-order valence-corrected chi connectivity index (χ1v) is 4.10. The fourth-order valence-electron chi connectivity index (χ4n) is 0.394. The minimum atomic E-state index is 1.75. The molecule has 0 aliphatic carbocycles. The van der Waals surface area contributed by atoms with Gasteiger partial charge in [0.2, 0.25) is 0 Å². The highest BCUT2D eigenvalue weighted by Gasteiger charge is 1.49. The summed E-state index contributed by atoms with van der Waals surface area (Å²) in [5, 5.41) is 0. The summed E-state index contributed by atoms with van der Waals surface area (Å²) in [7, 11) is 1.75. The van der Waals surface area contributed by atoms with E-state index in [1.807, 2.05) is 57.2 Å². The molecule has 0 rings (SSSR count). The molecular formula is C11H19N. The molecular weight excluding hydrogens is 146 g/mol. The monoisotopic (exact) mass is 165 g/mol. The molecule has 0 atom stereocenters. The quantitative estimate of drug-likeness (QED) is 0.439. The molecule has 0 saturated carbocycles. The molecule has 12 heavy (non-hydrogen) atoms. The molecule has 0 aromatic carbocycles. The Morgan fingerprint density at radius 1 is 0.750 bits per heavy atom. The van der Waals surface area contributed by atoms with E-state index in [9.17, 15) is 0 Å². The number of aliphatic imine (C=N–C) groups is 1. The molecule has 0 aliphatic rings. The van der Waals surface area contributed by atoms with Crippen molar-refractivity contribution in [1.29, 1.82) is 0 Å². The molecule has 0 spiro atoms. The van der Waals surface area contributed by atoms with Crippen molar-refractivity contribution in [3.05, 3.63) is 36.5 Å². The minimum Gasteiger partial charge on any atom is -0.297 e. The predicted molar refractivity (Wildman–Crippen MR) is 58.9 cm³/mol. The Balaban J connectivity index is 0. The highest BCUT2D eigenvalue weighted by molar-refractivity contribution is 5.70. The Hall–Kier alpha value is -1.11. The van der Waals surface area contributed by atoms with Crippen molar-refractivity contribution in [3.63, 3.8) is 0 Å². The van der Waals surface area contributed by atoms with Gasteiger partial charge in [-0.1, -0.05) is 30.4 Å². The van der Waals surface area contributed by atoms with Gasteiger partial charge in [-0.2, -0.15) is 0 Å². The van der Waals surface area contributed by atoms with Gasteiger partial charge in [-0.05, 0) is 26.8 Å². The van der Waals surface area contributed by atoms with Gasteiger partial charge >= 0.3 is 0 Å². The van der Waals surface area contributed by atoms with Crippen LogP contribution in [0.2, 0.25) is 0 Å². The maximum absolute atomic E-state index is 3.71. The van der Waals surface area contributed by atoms with Crippen LogP contribution in [-0.2, 0) is 0 Å². The van der Waals surface area contributed by atoms with Crippen molar-refractivity contribution in [2.45, 2.75) is 20.8 Å². The van der Waals surface area contributed by atoms with Crippen molar-refractivity contribution >= 4 is 6.21 Å². The highest BCUT2D eigenvalue weighted by Crippen LogP contribution is 1.71. The lowest BCUT2D eigenvalue weighted by molar-refractivity contribution is 1.47. The van der Waals surface area contributed by atoms with Crippen molar-refractivity contribution < 1.29 is 0 Å². The first-order valence-electron chi connectivity index (χ1n) is 4.10. The molecule has 0 bridgehead atoms. The molecule has 0 radical (unpaired) electrons. The van der Waals surface area contributed by atoms with Crippen molar-refractivity contribution in [2.24, 2.45) is 4.99 Å². The summed E-state index contributed by atoms with van der Waals surface area (Å²) in [6.45, 7) is 5.96. The Morgan fingerprint density at radius 3 is 1.33 bits per heavy atom. The zero-order valence-corrected chi connectivity index (χ0v) is 8.49. The van der Waals surface area contributed by atoms with E-state index in [-0.39, 0.29) is 0 Å². The summed E-state index contributed by atoms with van der Waals surface area (Å²) in [6, 6.07) is 0. The van der Waals surface area contributed by atoms with Gasteiger partial charge in [0.15, 0.2) is 0 Å². The predicted octanol–water partition coefficient (Wildman–Crippen LogP) is 3.40. The summed E-state index contributed by atoms with van der Waals surface area (Å²) in [5.74, 6) is 0. The summed E-state index contributed by atoms with van der Waals surface area (Å²) in [6.07, 6.45) is 13.6. The lowest BCUT2D eigenvalue weighted by atomic mass is 10.5. The molecule has 0 amide bonds. The summed E-state index contributed by atoms with van der Waals surface area (Å²) < 4.78 is 0. The zero-order valence-electron chi connectivity index (χ0n) is 8.49. The van der Waals surface area contributed by atoms with E-state index in [0.29, 0.717) is 0 Å². The number of rotatable bonds is 2. The van der Waals surface area contributed by atoms with Crippen LogP contribution in [0.15, 0.2) is 41.4 Å². The van der Waals surface area contributed by atoms with Crippen molar-refractivity contribution in [1.82, 2.24) is 0 Å². The van der Waals surface area contributed by atoms with Gasteiger partial charge in [0, 0.05) is 13.3 Å². The fraction of sp³-hybridized carbons (Fsp3) is 0.364. The second-order valence-electron chi connectivity index (χ2n) is 1.98. The van der Waals surface area contributed by atoms with Crippen LogP contribution in [0.4, 0.5) is 0 Å². The number of hydrogen-bond acceptors (Lipinski definition) is 1. The smallest absolute Gasteiger partial charge is 0.0277 e. The van der Waals surface area contributed by atoms with Crippen molar-refractivity contribution in [2.75, 3.05) is 7.05 Å². The summed E-state index contributed by atoms with van der Waals surface area (Å²) in [5.41, 5.74) is 0. The number of allylic oxidation sites excluding steroid dienone is 6. The third kappa shape index (κ3) is 23.1. The lowest BCUT2D eigenvalue weighted by Gasteiger charge is -1.63. The van der Waals surface area contributed by atoms with Crippen LogP contribution in [0.25, 0.3) is 0 Å². The van der Waals surface area contributed by atoms with E-state index in [1.165, 1.54) is 0 Å². The SMILES string of the molecule is C/C=C\C=C/C.C/C=C\C=NC. The second-order valence-corrected chi connectivity index (χ2v) is 1.98. The first-order chi connectivity index (χ1) is 5.83. The topological polar surface area (TPSA) is 12.4 Å². The van der Waals surface area contributed by atoms with Gasteiger partial charge in [-0.15, -0.1) is 0 Å². The van der Waals surface area contributed by atoms with E-state index in [0.717, 1.165) is 0 Å². The Labute approximate surface area is 76.2 Å². The molecule has 68 valence electrons. The molecule has 0 unspecified atom stereocenters. The molecule has 0 aromatic heterocycles. The van der Waals surface area contributed by atoms with Crippen LogP contribution in [0.1, 0.15) is 20.8 Å². The fourth-order valence-corrected chi connectivity index (χ4v) is 0.394. The Bertz CT molecular complexity index is 122. The highest BCUT2D eigenvalue weighted by atomic mass is 14.6. The number of hydrogen-bond donors (Lipinski definition) is 0. The third-order valence-corrected chi connectivity index (χ3v) is 0.924. The molecule has 0 fully saturated rings. The van der Waals surface area contributed by atoms with E-state index < -0.39 is 0 Å². The maximum Gasteiger partial charge on any atom is 0.0277 e. The van der Waals surface area contributed by atoms with E-state index >= 15 is 0 Å². The van der Waals surface area contributed by atoms with Crippen LogP contribution < -0.4 is 0 Å². The van der Waals surface area contributed by atoms with Crippen LogP contribution in [0, 0.1) is 0 Å². The molecule has 0 heterocycles. The van der Waals surface area contributed by atoms with Crippen LogP contribution >= 0.6 is 0 Å². The molecule has 1 heteroatoms. The maximum atomic E-state index is 3.71. The van der Waals surface area contributed by atoms with Gasteiger partial charge in [0.25, 0.3) is 0 Å². The largest absolute Gasteiger partial charge is 0.297 e. The average molecular weight is 165 g/mol. The molecule has 0 saturated heterocycles. The van der Waals surface area contributed by atoms with Gasteiger partial charge < -0.3 is 0 Å².